The van der Waals surface area contributed by atoms with Gasteiger partial charge in [-0.05, 0) is 26.2 Å². The molecular weight excluding hydrogens is 316 g/mol. The molecule has 1 N–H and O–H groups in total. The average Bonchev–Trinajstić information content (AvgIpc) is 3.00. The molecule has 7 heteroatoms. The lowest BCUT2D eigenvalue weighted by Gasteiger charge is -2.33. The second kappa shape index (κ2) is 9.35. The van der Waals surface area contributed by atoms with Gasteiger partial charge >= 0.3 is 0 Å². The van der Waals surface area contributed by atoms with Crippen LogP contribution >= 0.6 is 23.1 Å². The summed E-state index contributed by atoms with van der Waals surface area (Å²) in [5.74, 6) is 0.699. The topological polar surface area (TPSA) is 58.1 Å². The third-order valence-corrected chi connectivity index (χ3v) is 5.93. The summed E-state index contributed by atoms with van der Waals surface area (Å²) in [4.78, 5) is 14.5. The molecule has 0 spiro atoms. The third-order valence-electron chi connectivity index (χ3n) is 3.93. The number of carbonyl (C=O) groups excluding carboxylic acids is 1. The van der Waals surface area contributed by atoms with E-state index >= 15 is 0 Å². The quantitative estimate of drug-likeness (QED) is 0.731. The Morgan fingerprint density at radius 2 is 2.09 bits per heavy atom. The average molecular weight is 343 g/mol. The highest BCUT2D eigenvalue weighted by molar-refractivity contribution is 8.01. The summed E-state index contributed by atoms with van der Waals surface area (Å²) >= 11 is 3.03. The zero-order valence-electron chi connectivity index (χ0n) is 13.5. The molecule has 1 heterocycles. The number of thioether (sulfide) groups is 1. The number of rotatable bonds is 8. The molecule has 0 bridgehead atoms. The standard InChI is InChI=1S/C15H26N4OS2/c1-3-10-16-14-17-18-15(22-14)21-11-13(20)19(4-2)12-8-6-5-7-9-12/h12H,3-11H2,1-2H3,(H,16,17). The number of nitrogens with one attached hydrogen (secondary N) is 1. The summed E-state index contributed by atoms with van der Waals surface area (Å²) in [5, 5.41) is 12.3. The molecule has 1 aliphatic rings. The highest BCUT2D eigenvalue weighted by Crippen LogP contribution is 2.27. The van der Waals surface area contributed by atoms with Crippen LogP contribution in [0.2, 0.25) is 0 Å². The maximum absolute atomic E-state index is 12.5. The molecule has 124 valence electrons. The summed E-state index contributed by atoms with van der Waals surface area (Å²) in [6, 6.07) is 0.447. The normalized spacial score (nSPS) is 15.7. The van der Waals surface area contributed by atoms with Crippen molar-refractivity contribution in [3.63, 3.8) is 0 Å². The minimum absolute atomic E-state index is 0.234. The lowest BCUT2D eigenvalue weighted by atomic mass is 9.94. The first-order valence-electron chi connectivity index (χ1n) is 8.24. The summed E-state index contributed by atoms with van der Waals surface area (Å²) < 4.78 is 0.867. The van der Waals surface area contributed by atoms with E-state index in [4.69, 9.17) is 0 Å². The molecule has 0 radical (unpaired) electrons. The van der Waals surface area contributed by atoms with Crippen molar-refractivity contribution in [1.29, 1.82) is 0 Å². The molecule has 1 amide bonds. The second-order valence-corrected chi connectivity index (χ2v) is 7.76. The number of amides is 1. The lowest BCUT2D eigenvalue weighted by Crippen LogP contribution is -2.42. The Hall–Kier alpha value is -0.820. The zero-order chi connectivity index (χ0) is 15.8. The van der Waals surface area contributed by atoms with Gasteiger partial charge in [0.15, 0.2) is 4.34 Å². The first-order valence-corrected chi connectivity index (χ1v) is 10.0. The van der Waals surface area contributed by atoms with Crippen LogP contribution in [0.25, 0.3) is 0 Å². The van der Waals surface area contributed by atoms with Crippen molar-refractivity contribution in [2.45, 2.75) is 62.8 Å². The summed E-state index contributed by atoms with van der Waals surface area (Å²) in [7, 11) is 0. The van der Waals surface area contributed by atoms with Gasteiger partial charge in [0.25, 0.3) is 0 Å². The van der Waals surface area contributed by atoms with Crippen molar-refractivity contribution in [3.8, 4) is 0 Å². The van der Waals surface area contributed by atoms with Gasteiger partial charge in [0, 0.05) is 19.1 Å². The minimum Gasteiger partial charge on any atom is -0.360 e. The molecular formula is C15H26N4OS2. The van der Waals surface area contributed by atoms with E-state index < -0.39 is 0 Å². The van der Waals surface area contributed by atoms with Gasteiger partial charge in [-0.2, -0.15) is 0 Å². The van der Waals surface area contributed by atoms with E-state index in [-0.39, 0.29) is 5.91 Å². The molecule has 1 aliphatic carbocycles. The Labute approximate surface area is 141 Å². The molecule has 0 aromatic carbocycles. The van der Waals surface area contributed by atoms with Gasteiger partial charge in [-0.15, -0.1) is 10.2 Å². The van der Waals surface area contributed by atoms with Gasteiger partial charge in [-0.1, -0.05) is 49.3 Å². The van der Waals surface area contributed by atoms with Gasteiger partial charge in [0.2, 0.25) is 11.0 Å². The predicted octanol–water partition coefficient (Wildman–Crippen LogP) is 3.63. The molecule has 2 rings (SSSR count). The number of anilines is 1. The van der Waals surface area contributed by atoms with Crippen LogP contribution in [0.3, 0.4) is 0 Å². The van der Waals surface area contributed by atoms with Gasteiger partial charge in [0.05, 0.1) is 5.75 Å². The number of aromatic nitrogens is 2. The van der Waals surface area contributed by atoms with Gasteiger partial charge in [0.1, 0.15) is 0 Å². The van der Waals surface area contributed by atoms with Crippen molar-refractivity contribution in [1.82, 2.24) is 15.1 Å². The monoisotopic (exact) mass is 342 g/mol. The van der Waals surface area contributed by atoms with Crippen molar-refractivity contribution < 1.29 is 4.79 Å². The summed E-state index contributed by atoms with van der Waals surface area (Å²) in [6.07, 6.45) is 7.21. The van der Waals surface area contributed by atoms with E-state index in [1.54, 1.807) is 0 Å². The van der Waals surface area contributed by atoms with E-state index in [1.807, 2.05) is 0 Å². The molecule has 1 aromatic rings. The van der Waals surface area contributed by atoms with Crippen molar-refractivity contribution in [3.05, 3.63) is 0 Å². The molecule has 0 atom stereocenters. The Kier molecular flexibility index (Phi) is 7.45. The molecule has 0 aliphatic heterocycles. The van der Waals surface area contributed by atoms with Gasteiger partial charge in [-0.25, -0.2) is 0 Å². The van der Waals surface area contributed by atoms with E-state index in [0.717, 1.165) is 41.8 Å². The fraction of sp³-hybridized carbons (Fsp3) is 0.800. The van der Waals surface area contributed by atoms with Gasteiger partial charge in [-0.3, -0.25) is 4.79 Å². The van der Waals surface area contributed by atoms with Crippen LogP contribution in [-0.4, -0.2) is 45.9 Å². The van der Waals surface area contributed by atoms with Crippen molar-refractivity contribution in [2.75, 3.05) is 24.2 Å². The second-order valence-electron chi connectivity index (χ2n) is 5.56. The Balaban J connectivity index is 1.81. The molecule has 0 saturated heterocycles. The van der Waals surface area contributed by atoms with E-state index in [9.17, 15) is 4.79 Å². The van der Waals surface area contributed by atoms with E-state index in [0.29, 0.717) is 11.8 Å². The Morgan fingerprint density at radius 3 is 2.77 bits per heavy atom. The SMILES string of the molecule is CCCNc1nnc(SCC(=O)N(CC)C2CCCCC2)s1. The first kappa shape index (κ1) is 17.5. The Bertz CT molecular complexity index is 460. The van der Waals surface area contributed by atoms with Gasteiger partial charge < -0.3 is 10.2 Å². The number of hydrogen-bond donors (Lipinski definition) is 1. The maximum Gasteiger partial charge on any atom is 0.233 e. The molecule has 22 heavy (non-hydrogen) atoms. The lowest BCUT2D eigenvalue weighted by molar-refractivity contribution is -0.131. The molecule has 1 saturated carbocycles. The number of nitrogens with zero attached hydrogens (tertiary/aromatic N) is 3. The van der Waals surface area contributed by atoms with Crippen LogP contribution in [-0.2, 0) is 4.79 Å². The summed E-state index contributed by atoms with van der Waals surface area (Å²) in [5.41, 5.74) is 0. The van der Waals surface area contributed by atoms with Crippen LogP contribution in [0.1, 0.15) is 52.4 Å². The van der Waals surface area contributed by atoms with Crippen molar-refractivity contribution >= 4 is 34.1 Å². The fourth-order valence-corrected chi connectivity index (χ4v) is 4.47. The largest absolute Gasteiger partial charge is 0.360 e. The smallest absolute Gasteiger partial charge is 0.233 e. The molecule has 5 nitrogen and oxygen atoms in total. The third kappa shape index (κ3) is 5.12. The first-order chi connectivity index (χ1) is 10.7. The maximum atomic E-state index is 12.5. The summed E-state index contributed by atoms with van der Waals surface area (Å²) in [6.45, 7) is 5.91. The highest BCUT2D eigenvalue weighted by atomic mass is 32.2. The van der Waals surface area contributed by atoms with Crippen LogP contribution < -0.4 is 5.32 Å². The Morgan fingerprint density at radius 1 is 1.32 bits per heavy atom. The predicted molar refractivity (Wildman–Crippen MR) is 93.7 cm³/mol. The van der Waals surface area contributed by atoms with Crippen LogP contribution in [0.15, 0.2) is 4.34 Å². The highest BCUT2D eigenvalue weighted by Gasteiger charge is 2.24. The zero-order valence-corrected chi connectivity index (χ0v) is 15.1. The minimum atomic E-state index is 0.234. The number of hydrogen-bond acceptors (Lipinski definition) is 6. The van der Waals surface area contributed by atoms with E-state index in [2.05, 4.69) is 34.3 Å². The van der Waals surface area contributed by atoms with Crippen LogP contribution in [0, 0.1) is 0 Å². The van der Waals surface area contributed by atoms with E-state index in [1.165, 1.54) is 42.4 Å². The molecule has 0 unspecified atom stereocenters. The molecule has 1 fully saturated rings. The van der Waals surface area contributed by atoms with Crippen LogP contribution in [0.4, 0.5) is 5.13 Å². The number of carbonyl (C=O) groups is 1. The fourth-order valence-electron chi connectivity index (χ4n) is 2.81. The van der Waals surface area contributed by atoms with Crippen LogP contribution in [0.5, 0.6) is 0 Å². The van der Waals surface area contributed by atoms with Crippen molar-refractivity contribution in [2.24, 2.45) is 0 Å². The molecule has 1 aromatic heterocycles.